The first kappa shape index (κ1) is 23.2. The number of carboxylic acid groups (broad SMARTS) is 1. The van der Waals surface area contributed by atoms with Gasteiger partial charge >= 0.3 is 5.97 Å². The van der Waals surface area contributed by atoms with Crippen molar-refractivity contribution >= 4 is 64.2 Å². The number of methoxy groups -OCH3 is 1. The molecule has 4 rings (SSSR count). The van der Waals surface area contributed by atoms with Crippen LogP contribution in [0.1, 0.15) is 4.88 Å². The average molecular weight is 509 g/mol. The molecule has 0 radical (unpaired) electrons. The first-order valence-corrected chi connectivity index (χ1v) is 12.2. The summed E-state index contributed by atoms with van der Waals surface area (Å²) in [6, 6.07) is 3.25. The van der Waals surface area contributed by atoms with E-state index in [9.17, 15) is 24.3 Å². The van der Waals surface area contributed by atoms with Crippen molar-refractivity contribution < 1.29 is 29.0 Å². The van der Waals surface area contributed by atoms with Crippen molar-refractivity contribution in [3.63, 3.8) is 0 Å². The number of carboxylic acids is 1. The van der Waals surface area contributed by atoms with Gasteiger partial charge in [-0.05, 0) is 27.4 Å². The maximum atomic E-state index is 13.2. The van der Waals surface area contributed by atoms with Crippen LogP contribution in [0, 0.1) is 0 Å². The minimum atomic E-state index is -1.81. The molecule has 4 heterocycles. The standard InChI is InChI=1S/C18H16N6O6S3/c1-23-17(20-21-22-23)33-8-9-7-32-16-18(30-2,15(29)24(16)12(9)14(27)28)19-13(26)10(6-25)11-4-3-5-31-11/h3-5,16H,7-8H2,1-2H3,(H,19,26)(H,27,28)/t16-,18-/m0/s1. The summed E-state index contributed by atoms with van der Waals surface area (Å²) in [5.41, 5.74) is -1.74. The molecule has 15 heteroatoms. The summed E-state index contributed by atoms with van der Waals surface area (Å²) in [5.74, 6) is -0.717. The van der Waals surface area contributed by atoms with Crippen molar-refractivity contribution in [1.82, 2.24) is 30.4 Å². The Morgan fingerprint density at radius 2 is 2.27 bits per heavy atom. The van der Waals surface area contributed by atoms with Gasteiger partial charge in [0.25, 0.3) is 17.5 Å². The number of carbonyl (C=O) groups excluding carboxylic acids is 3. The highest BCUT2D eigenvalue weighted by molar-refractivity contribution is 8.01. The van der Waals surface area contributed by atoms with Crippen molar-refractivity contribution in [2.24, 2.45) is 7.05 Å². The molecule has 0 spiro atoms. The van der Waals surface area contributed by atoms with E-state index in [2.05, 4.69) is 20.8 Å². The summed E-state index contributed by atoms with van der Waals surface area (Å²) < 4.78 is 6.86. The van der Waals surface area contributed by atoms with Gasteiger partial charge < -0.3 is 15.2 Å². The second kappa shape index (κ2) is 9.11. The van der Waals surface area contributed by atoms with E-state index < -0.39 is 28.9 Å². The van der Waals surface area contributed by atoms with Crippen LogP contribution in [0.2, 0.25) is 0 Å². The molecular weight excluding hydrogens is 492 g/mol. The van der Waals surface area contributed by atoms with Crippen molar-refractivity contribution in [2.75, 3.05) is 18.6 Å². The summed E-state index contributed by atoms with van der Waals surface area (Å²) in [6.45, 7) is 0. The predicted octanol–water partition coefficient (Wildman–Crippen LogP) is -0.00840. The number of β-lactam (4-membered cyclic amide) rings is 1. The molecule has 0 bridgehead atoms. The third kappa shape index (κ3) is 3.87. The highest BCUT2D eigenvalue weighted by Crippen LogP contribution is 2.47. The van der Waals surface area contributed by atoms with E-state index in [4.69, 9.17) is 4.74 Å². The molecule has 2 aromatic rings. The number of ether oxygens (including phenoxy) is 1. The van der Waals surface area contributed by atoms with E-state index in [0.29, 0.717) is 15.6 Å². The predicted molar refractivity (Wildman–Crippen MR) is 119 cm³/mol. The molecule has 2 atom stereocenters. The van der Waals surface area contributed by atoms with Crippen LogP contribution in [0.15, 0.2) is 33.9 Å². The van der Waals surface area contributed by atoms with Crippen LogP contribution >= 0.6 is 34.9 Å². The number of carbonyl (C=O) groups is 3. The molecule has 0 saturated carbocycles. The van der Waals surface area contributed by atoms with Gasteiger partial charge in [-0.2, -0.15) is 0 Å². The van der Waals surface area contributed by atoms with Gasteiger partial charge in [-0.15, -0.1) is 28.2 Å². The second-order valence-electron chi connectivity index (χ2n) is 6.82. The molecule has 1 fully saturated rings. The van der Waals surface area contributed by atoms with Gasteiger partial charge in [0.05, 0.1) is 4.88 Å². The Bertz CT molecular complexity index is 1200. The Morgan fingerprint density at radius 3 is 2.85 bits per heavy atom. The van der Waals surface area contributed by atoms with E-state index in [1.807, 2.05) is 0 Å². The molecule has 2 aliphatic rings. The first-order chi connectivity index (χ1) is 15.8. The second-order valence-corrected chi connectivity index (χ2v) is 9.78. The van der Waals surface area contributed by atoms with Gasteiger partial charge in [0, 0.05) is 25.7 Å². The number of nitrogens with zero attached hydrogens (tertiary/aromatic N) is 5. The SMILES string of the molecule is CO[C@@]1(NC(=O)C(=C=O)c2cccs2)C(=O)N2C(C(=O)O)=C(CSc3nnnn3C)CS[C@H]21. The zero-order valence-corrected chi connectivity index (χ0v) is 19.6. The lowest BCUT2D eigenvalue weighted by molar-refractivity contribution is -0.191. The third-order valence-electron chi connectivity index (χ3n) is 4.99. The average Bonchev–Trinajstić information content (AvgIpc) is 3.47. The Hall–Kier alpha value is -2.97. The van der Waals surface area contributed by atoms with Gasteiger partial charge in [-0.3, -0.25) is 14.5 Å². The van der Waals surface area contributed by atoms with Crippen LogP contribution in [-0.2, 0) is 31.0 Å². The van der Waals surface area contributed by atoms with Crippen molar-refractivity contribution in [3.05, 3.63) is 33.7 Å². The number of aliphatic carboxylic acids is 1. The van der Waals surface area contributed by atoms with Gasteiger partial charge in [0.1, 0.15) is 22.6 Å². The van der Waals surface area contributed by atoms with Gasteiger partial charge in [0.2, 0.25) is 5.16 Å². The molecule has 0 aliphatic carbocycles. The fourth-order valence-corrected chi connectivity index (χ4v) is 6.55. The number of rotatable bonds is 8. The molecule has 172 valence electrons. The van der Waals surface area contributed by atoms with Crippen LogP contribution in [0.3, 0.4) is 0 Å². The van der Waals surface area contributed by atoms with Gasteiger partial charge in [0.15, 0.2) is 0 Å². The largest absolute Gasteiger partial charge is 0.477 e. The number of amides is 2. The molecular formula is C18H16N6O6S3. The highest BCUT2D eigenvalue weighted by atomic mass is 32.2. The third-order valence-corrected chi connectivity index (χ3v) is 8.35. The van der Waals surface area contributed by atoms with Crippen molar-refractivity contribution in [2.45, 2.75) is 16.3 Å². The van der Waals surface area contributed by atoms with E-state index in [1.165, 1.54) is 46.7 Å². The Kier molecular flexibility index (Phi) is 6.41. The number of thiophene rings is 1. The number of hydrogen-bond acceptors (Lipinski definition) is 11. The number of tetrazole rings is 1. The number of fused-ring (bicyclic) bond motifs is 1. The Labute approximate surface area is 199 Å². The number of thioether (sulfide) groups is 2. The minimum absolute atomic E-state index is 0.169. The summed E-state index contributed by atoms with van der Waals surface area (Å²) >= 11 is 3.66. The normalized spacial score (nSPS) is 21.8. The number of nitrogens with one attached hydrogen (secondary N) is 1. The minimum Gasteiger partial charge on any atom is -0.477 e. The van der Waals surface area contributed by atoms with Crippen LogP contribution in [0.5, 0.6) is 0 Å². The zero-order chi connectivity index (χ0) is 23.8. The Morgan fingerprint density at radius 1 is 1.48 bits per heavy atom. The maximum absolute atomic E-state index is 13.2. The summed E-state index contributed by atoms with van der Waals surface area (Å²) in [6.07, 6.45) is 0. The maximum Gasteiger partial charge on any atom is 0.352 e. The van der Waals surface area contributed by atoms with E-state index >= 15 is 0 Å². The summed E-state index contributed by atoms with van der Waals surface area (Å²) in [7, 11) is 2.90. The molecule has 0 aromatic carbocycles. The lowest BCUT2D eigenvalue weighted by Gasteiger charge is -2.55. The molecule has 2 N–H and O–H groups in total. The smallest absolute Gasteiger partial charge is 0.352 e. The van der Waals surface area contributed by atoms with Gasteiger partial charge in [-0.1, -0.05) is 17.8 Å². The molecule has 2 amide bonds. The Balaban J connectivity index is 1.58. The number of hydrogen-bond donors (Lipinski definition) is 2. The summed E-state index contributed by atoms with van der Waals surface area (Å²) in [4.78, 5) is 50.9. The fraction of sp³-hybridized carbons (Fsp3) is 0.333. The molecule has 1 saturated heterocycles. The zero-order valence-electron chi connectivity index (χ0n) is 17.2. The van der Waals surface area contributed by atoms with Gasteiger partial charge in [-0.25, -0.2) is 14.3 Å². The van der Waals surface area contributed by atoms with Crippen LogP contribution in [0.4, 0.5) is 0 Å². The van der Waals surface area contributed by atoms with Crippen LogP contribution in [0.25, 0.3) is 5.57 Å². The quantitative estimate of drug-likeness (QED) is 0.162. The topological polar surface area (TPSA) is 157 Å². The van der Waals surface area contributed by atoms with E-state index in [1.54, 1.807) is 30.5 Å². The lowest BCUT2D eigenvalue weighted by Crippen LogP contribution is -2.80. The molecule has 33 heavy (non-hydrogen) atoms. The molecule has 12 nitrogen and oxygen atoms in total. The van der Waals surface area contributed by atoms with E-state index in [0.717, 1.165) is 4.90 Å². The highest BCUT2D eigenvalue weighted by Gasteiger charge is 2.66. The van der Waals surface area contributed by atoms with Crippen molar-refractivity contribution in [1.29, 1.82) is 0 Å². The monoisotopic (exact) mass is 508 g/mol. The molecule has 0 unspecified atom stereocenters. The van der Waals surface area contributed by atoms with Crippen molar-refractivity contribution in [3.8, 4) is 0 Å². The molecule has 2 aromatic heterocycles. The van der Waals surface area contributed by atoms with Crippen LogP contribution in [-0.4, -0.2) is 83.7 Å². The summed E-state index contributed by atoms with van der Waals surface area (Å²) in [5, 5.41) is 24.8. The lowest BCUT2D eigenvalue weighted by atomic mass is 9.97. The first-order valence-electron chi connectivity index (χ1n) is 9.26. The number of aromatic nitrogens is 4. The van der Waals surface area contributed by atoms with E-state index in [-0.39, 0.29) is 22.8 Å². The molecule has 2 aliphatic heterocycles. The van der Waals surface area contributed by atoms with Crippen LogP contribution < -0.4 is 5.32 Å². The number of aryl methyl sites for hydroxylation is 1. The fourth-order valence-electron chi connectivity index (χ4n) is 3.41.